The minimum absolute atomic E-state index is 0.542. The predicted molar refractivity (Wildman–Crippen MR) is 63.9 cm³/mol. The first-order valence-corrected chi connectivity index (χ1v) is 5.82. The molecule has 1 aromatic carbocycles. The number of hydrogen-bond donors (Lipinski definition) is 2. The van der Waals surface area contributed by atoms with Gasteiger partial charge >= 0.3 is 0 Å². The number of nitrogens with zero attached hydrogens (tertiary/aromatic N) is 1. The van der Waals surface area contributed by atoms with Crippen molar-refractivity contribution in [2.45, 2.75) is 25.4 Å². The van der Waals surface area contributed by atoms with Gasteiger partial charge in [0.1, 0.15) is 0 Å². The summed E-state index contributed by atoms with van der Waals surface area (Å²) in [4.78, 5) is 0. The van der Waals surface area contributed by atoms with E-state index in [0.717, 1.165) is 30.8 Å². The van der Waals surface area contributed by atoms with E-state index in [0.29, 0.717) is 6.04 Å². The molecule has 2 N–H and O–H groups in total. The zero-order chi connectivity index (χ0) is 11.2. The second kappa shape index (κ2) is 5.64. The molecule has 0 bridgehead atoms. The van der Waals surface area contributed by atoms with Gasteiger partial charge in [-0.05, 0) is 31.0 Å². The van der Waals surface area contributed by atoms with Crippen molar-refractivity contribution in [3.8, 4) is 6.07 Å². The highest BCUT2D eigenvalue weighted by Crippen LogP contribution is 2.08. The lowest BCUT2D eigenvalue weighted by Gasteiger charge is -2.24. The summed E-state index contributed by atoms with van der Waals surface area (Å²) < 4.78 is 0. The summed E-state index contributed by atoms with van der Waals surface area (Å²) in [5.74, 6) is 0. The van der Waals surface area contributed by atoms with E-state index in [4.69, 9.17) is 5.26 Å². The molecule has 1 fully saturated rings. The van der Waals surface area contributed by atoms with E-state index in [1.807, 2.05) is 24.3 Å². The summed E-state index contributed by atoms with van der Waals surface area (Å²) >= 11 is 0. The first kappa shape index (κ1) is 11.1. The van der Waals surface area contributed by atoms with Crippen LogP contribution >= 0.6 is 0 Å². The van der Waals surface area contributed by atoms with Crippen LogP contribution in [0.2, 0.25) is 0 Å². The van der Waals surface area contributed by atoms with Gasteiger partial charge in [0, 0.05) is 19.1 Å². The fourth-order valence-corrected chi connectivity index (χ4v) is 2.06. The van der Waals surface area contributed by atoms with Crippen LogP contribution in [0.5, 0.6) is 0 Å². The van der Waals surface area contributed by atoms with E-state index in [9.17, 15) is 0 Å². The van der Waals surface area contributed by atoms with E-state index in [1.54, 1.807) is 0 Å². The average molecular weight is 215 g/mol. The number of benzene rings is 1. The maximum Gasteiger partial charge on any atom is 0.0995 e. The molecule has 84 valence electrons. The van der Waals surface area contributed by atoms with Gasteiger partial charge in [-0.1, -0.05) is 18.2 Å². The molecule has 2 rings (SSSR count). The number of nitriles is 1. The molecule has 1 saturated heterocycles. The molecule has 0 aromatic heterocycles. The molecule has 3 heteroatoms. The van der Waals surface area contributed by atoms with Crippen LogP contribution in [0, 0.1) is 11.3 Å². The van der Waals surface area contributed by atoms with Gasteiger partial charge in [0.2, 0.25) is 0 Å². The van der Waals surface area contributed by atoms with Crippen LogP contribution in [0.25, 0.3) is 0 Å². The SMILES string of the molecule is N#Cc1ccccc1CNC1CCCNC1. The smallest absolute Gasteiger partial charge is 0.0995 e. The van der Waals surface area contributed by atoms with Crippen LogP contribution in [0.4, 0.5) is 0 Å². The first-order valence-electron chi connectivity index (χ1n) is 5.82. The zero-order valence-electron chi connectivity index (χ0n) is 9.37. The van der Waals surface area contributed by atoms with Crippen LogP contribution in [-0.4, -0.2) is 19.1 Å². The second-order valence-corrected chi connectivity index (χ2v) is 4.19. The molecular formula is C13H17N3. The second-order valence-electron chi connectivity index (χ2n) is 4.19. The van der Waals surface area contributed by atoms with Gasteiger partial charge in [-0.25, -0.2) is 0 Å². The van der Waals surface area contributed by atoms with Gasteiger partial charge in [0.25, 0.3) is 0 Å². The highest BCUT2D eigenvalue weighted by Gasteiger charge is 2.12. The van der Waals surface area contributed by atoms with Crippen LogP contribution in [0.1, 0.15) is 24.0 Å². The Labute approximate surface area is 96.5 Å². The Kier molecular flexibility index (Phi) is 3.92. The first-order chi connectivity index (χ1) is 7.90. The molecule has 1 aliphatic rings. The Morgan fingerprint density at radius 3 is 3.06 bits per heavy atom. The largest absolute Gasteiger partial charge is 0.315 e. The van der Waals surface area contributed by atoms with Crippen molar-refractivity contribution in [1.82, 2.24) is 10.6 Å². The highest BCUT2D eigenvalue weighted by atomic mass is 15.0. The summed E-state index contributed by atoms with van der Waals surface area (Å²) in [6.45, 7) is 2.96. The topological polar surface area (TPSA) is 47.9 Å². The van der Waals surface area contributed by atoms with Crippen molar-refractivity contribution in [2.75, 3.05) is 13.1 Å². The lowest BCUT2D eigenvalue weighted by Crippen LogP contribution is -2.42. The molecule has 0 spiro atoms. The molecule has 1 unspecified atom stereocenters. The summed E-state index contributed by atoms with van der Waals surface area (Å²) in [6.07, 6.45) is 2.46. The van der Waals surface area contributed by atoms with E-state index < -0.39 is 0 Å². The normalized spacial score (nSPS) is 20.3. The van der Waals surface area contributed by atoms with E-state index in [2.05, 4.69) is 16.7 Å². The maximum absolute atomic E-state index is 8.97. The Hall–Kier alpha value is -1.37. The van der Waals surface area contributed by atoms with Crippen LogP contribution in [0.15, 0.2) is 24.3 Å². The molecule has 1 aliphatic heterocycles. The average Bonchev–Trinajstić information content (AvgIpc) is 2.38. The predicted octanol–water partition coefficient (Wildman–Crippen LogP) is 1.40. The summed E-state index contributed by atoms with van der Waals surface area (Å²) in [6, 6.07) is 10.5. The molecule has 1 atom stereocenters. The minimum Gasteiger partial charge on any atom is -0.315 e. The molecule has 0 aliphatic carbocycles. The van der Waals surface area contributed by atoms with Gasteiger partial charge in [0.15, 0.2) is 0 Å². The van der Waals surface area contributed by atoms with Crippen molar-refractivity contribution in [1.29, 1.82) is 5.26 Å². The van der Waals surface area contributed by atoms with E-state index in [-0.39, 0.29) is 0 Å². The Balaban J connectivity index is 1.91. The molecule has 1 heterocycles. The fraction of sp³-hybridized carbons (Fsp3) is 0.462. The van der Waals surface area contributed by atoms with Crippen molar-refractivity contribution in [3.05, 3.63) is 35.4 Å². The van der Waals surface area contributed by atoms with Gasteiger partial charge in [-0.15, -0.1) is 0 Å². The minimum atomic E-state index is 0.542. The van der Waals surface area contributed by atoms with Gasteiger partial charge in [0.05, 0.1) is 11.6 Å². The van der Waals surface area contributed by atoms with Gasteiger partial charge in [-0.3, -0.25) is 0 Å². The molecule has 0 radical (unpaired) electrons. The maximum atomic E-state index is 8.97. The van der Waals surface area contributed by atoms with Gasteiger partial charge < -0.3 is 10.6 Å². The quantitative estimate of drug-likeness (QED) is 0.801. The molecule has 0 amide bonds. The molecular weight excluding hydrogens is 198 g/mol. The Morgan fingerprint density at radius 2 is 2.31 bits per heavy atom. The lowest BCUT2D eigenvalue weighted by molar-refractivity contribution is 0.389. The van der Waals surface area contributed by atoms with Gasteiger partial charge in [-0.2, -0.15) is 5.26 Å². The lowest BCUT2D eigenvalue weighted by atomic mass is 10.1. The summed E-state index contributed by atoms with van der Waals surface area (Å²) in [5.41, 5.74) is 1.87. The molecule has 3 nitrogen and oxygen atoms in total. The Morgan fingerprint density at radius 1 is 1.44 bits per heavy atom. The highest BCUT2D eigenvalue weighted by molar-refractivity contribution is 5.37. The third-order valence-corrected chi connectivity index (χ3v) is 3.02. The van der Waals surface area contributed by atoms with E-state index >= 15 is 0 Å². The van der Waals surface area contributed by atoms with E-state index in [1.165, 1.54) is 12.8 Å². The molecule has 1 aromatic rings. The van der Waals surface area contributed by atoms with Crippen molar-refractivity contribution in [2.24, 2.45) is 0 Å². The van der Waals surface area contributed by atoms with Crippen LogP contribution in [0.3, 0.4) is 0 Å². The standard InChI is InChI=1S/C13H17N3/c14-8-11-4-1-2-5-12(11)9-16-13-6-3-7-15-10-13/h1-2,4-5,13,15-16H,3,6-7,9-10H2. The zero-order valence-corrected chi connectivity index (χ0v) is 9.37. The van der Waals surface area contributed by atoms with Crippen molar-refractivity contribution < 1.29 is 0 Å². The van der Waals surface area contributed by atoms with Crippen molar-refractivity contribution >= 4 is 0 Å². The number of rotatable bonds is 3. The third-order valence-electron chi connectivity index (χ3n) is 3.02. The monoisotopic (exact) mass is 215 g/mol. The number of nitrogens with one attached hydrogen (secondary N) is 2. The summed E-state index contributed by atoms with van der Waals surface area (Å²) in [5, 5.41) is 15.8. The van der Waals surface area contributed by atoms with Crippen LogP contribution < -0.4 is 10.6 Å². The van der Waals surface area contributed by atoms with Crippen molar-refractivity contribution in [3.63, 3.8) is 0 Å². The number of piperidine rings is 1. The summed E-state index contributed by atoms with van der Waals surface area (Å²) in [7, 11) is 0. The molecule has 0 saturated carbocycles. The fourth-order valence-electron chi connectivity index (χ4n) is 2.06. The molecule has 16 heavy (non-hydrogen) atoms. The third kappa shape index (κ3) is 2.82. The Bertz CT molecular complexity index is 375. The number of hydrogen-bond acceptors (Lipinski definition) is 3. The van der Waals surface area contributed by atoms with Crippen LogP contribution in [-0.2, 0) is 6.54 Å².